The molecule has 1 aromatic carbocycles. The summed E-state index contributed by atoms with van der Waals surface area (Å²) in [6, 6.07) is 7.32. The summed E-state index contributed by atoms with van der Waals surface area (Å²) in [6.07, 6.45) is 3.77. The minimum absolute atomic E-state index is 0.00111. The quantitative estimate of drug-likeness (QED) is 0.446. The molecule has 11 heteroatoms. The van der Waals surface area contributed by atoms with Crippen molar-refractivity contribution in [3.63, 3.8) is 0 Å². The van der Waals surface area contributed by atoms with Gasteiger partial charge in [-0.25, -0.2) is 0 Å². The molecule has 3 aromatic rings. The highest BCUT2D eigenvalue weighted by Crippen LogP contribution is 2.27. The summed E-state index contributed by atoms with van der Waals surface area (Å²) in [5.41, 5.74) is 2.33. The van der Waals surface area contributed by atoms with E-state index in [1.54, 1.807) is 43.6 Å². The number of hydrogen-bond acceptors (Lipinski definition) is 9. The molecule has 0 radical (unpaired) electrons. The maximum Gasteiger partial charge on any atom is 0.322 e. The number of nitrogens with zero attached hydrogens (tertiary/aromatic N) is 4. The van der Waals surface area contributed by atoms with Crippen molar-refractivity contribution in [2.45, 2.75) is 70.8 Å². The number of hydrogen-bond donors (Lipinski definition) is 2. The number of benzene rings is 1. The Kier molecular flexibility index (Phi) is 7.18. The third-order valence-corrected chi connectivity index (χ3v) is 7.78. The second kappa shape index (κ2) is 9.98. The molecular formula is C24H34N6O4S. The van der Waals surface area contributed by atoms with Gasteiger partial charge in [-0.15, -0.1) is 0 Å². The Hall–Kier alpha value is -2.92. The van der Waals surface area contributed by atoms with Gasteiger partial charge >= 0.3 is 16.1 Å². The molecule has 0 aliphatic carbocycles. The smallest absolute Gasteiger partial charge is 0.322 e. The molecule has 10 nitrogen and oxygen atoms in total. The van der Waals surface area contributed by atoms with E-state index in [2.05, 4.69) is 39.5 Å². The Balaban J connectivity index is 1.63. The molecule has 3 heterocycles. The number of rotatable bonds is 8. The Bertz CT molecular complexity index is 1280. The summed E-state index contributed by atoms with van der Waals surface area (Å²) >= 11 is 0. The van der Waals surface area contributed by atoms with Crippen LogP contribution in [0, 0.1) is 0 Å². The molecule has 0 spiro atoms. The first-order chi connectivity index (χ1) is 16.5. The standard InChI is InChI=1S/C24H34N6O4S/c1-16(2)19-15-27-30-21(19)28-23(33-18-10-8-12-25-14-18)29-22(30)26-13-17-9-6-7-11-20(17)34-35(31,32)24(3,4)5/h6-7,9,11,15-16,18,25H,8,10,12-14H2,1-5H3,(H,26,28,29)/t18-/m1/s1. The first kappa shape index (κ1) is 25.2. The Labute approximate surface area is 206 Å². The van der Waals surface area contributed by atoms with E-state index in [0.29, 0.717) is 17.2 Å². The molecule has 2 aromatic heterocycles. The van der Waals surface area contributed by atoms with Gasteiger partial charge in [-0.05, 0) is 52.1 Å². The number of aromatic nitrogens is 4. The fourth-order valence-corrected chi connectivity index (χ4v) is 4.32. The van der Waals surface area contributed by atoms with Crippen LogP contribution in [0.5, 0.6) is 11.8 Å². The van der Waals surface area contributed by atoms with Crippen LogP contribution in [-0.4, -0.2) is 51.9 Å². The molecule has 190 valence electrons. The summed E-state index contributed by atoms with van der Waals surface area (Å²) in [6.45, 7) is 11.0. The molecule has 4 rings (SSSR count). The van der Waals surface area contributed by atoms with Gasteiger partial charge in [-0.1, -0.05) is 32.0 Å². The minimum atomic E-state index is -3.82. The van der Waals surface area contributed by atoms with Crippen molar-refractivity contribution < 1.29 is 17.3 Å². The highest BCUT2D eigenvalue weighted by molar-refractivity contribution is 7.88. The van der Waals surface area contributed by atoms with E-state index in [1.165, 1.54) is 0 Å². The predicted molar refractivity (Wildman–Crippen MR) is 134 cm³/mol. The monoisotopic (exact) mass is 502 g/mol. The molecular weight excluding hydrogens is 468 g/mol. The topological polar surface area (TPSA) is 120 Å². The Morgan fingerprint density at radius 1 is 1.23 bits per heavy atom. The largest absolute Gasteiger partial charge is 0.459 e. The molecule has 0 unspecified atom stereocenters. The van der Waals surface area contributed by atoms with Crippen molar-refractivity contribution in [2.24, 2.45) is 0 Å². The lowest BCUT2D eigenvalue weighted by Gasteiger charge is -2.23. The average molecular weight is 503 g/mol. The fraction of sp³-hybridized carbons (Fsp3) is 0.542. The zero-order valence-corrected chi connectivity index (χ0v) is 21.7. The predicted octanol–water partition coefficient (Wildman–Crippen LogP) is 3.50. The third-order valence-electron chi connectivity index (χ3n) is 5.88. The van der Waals surface area contributed by atoms with Crippen LogP contribution in [-0.2, 0) is 16.7 Å². The first-order valence-electron chi connectivity index (χ1n) is 11.9. The molecule has 0 saturated carbocycles. The van der Waals surface area contributed by atoms with Crippen LogP contribution in [0.2, 0.25) is 0 Å². The van der Waals surface area contributed by atoms with E-state index in [-0.39, 0.29) is 30.3 Å². The van der Waals surface area contributed by atoms with E-state index < -0.39 is 14.9 Å². The Morgan fingerprint density at radius 2 is 2.00 bits per heavy atom. The Morgan fingerprint density at radius 3 is 2.69 bits per heavy atom. The van der Waals surface area contributed by atoms with E-state index in [4.69, 9.17) is 8.92 Å². The van der Waals surface area contributed by atoms with Gasteiger partial charge in [-0.2, -0.15) is 28.0 Å². The zero-order valence-electron chi connectivity index (χ0n) is 20.9. The lowest BCUT2D eigenvalue weighted by atomic mass is 10.1. The molecule has 1 fully saturated rings. The van der Waals surface area contributed by atoms with Crippen molar-refractivity contribution in [3.8, 4) is 11.8 Å². The van der Waals surface area contributed by atoms with Gasteiger partial charge in [0.1, 0.15) is 11.9 Å². The summed E-state index contributed by atoms with van der Waals surface area (Å²) in [5.74, 6) is 0.943. The number of anilines is 1. The molecule has 0 bridgehead atoms. The lowest BCUT2D eigenvalue weighted by Crippen LogP contribution is -2.37. The van der Waals surface area contributed by atoms with E-state index >= 15 is 0 Å². The van der Waals surface area contributed by atoms with Crippen molar-refractivity contribution >= 4 is 21.7 Å². The highest BCUT2D eigenvalue weighted by Gasteiger charge is 2.32. The van der Waals surface area contributed by atoms with Crippen LogP contribution in [0.3, 0.4) is 0 Å². The van der Waals surface area contributed by atoms with Gasteiger partial charge in [0.05, 0.1) is 10.9 Å². The van der Waals surface area contributed by atoms with Crippen LogP contribution in [0.15, 0.2) is 30.5 Å². The molecule has 2 N–H and O–H groups in total. The number of nitrogens with one attached hydrogen (secondary N) is 2. The number of ether oxygens (including phenoxy) is 1. The van der Waals surface area contributed by atoms with Crippen LogP contribution < -0.4 is 19.6 Å². The zero-order chi connectivity index (χ0) is 25.2. The maximum absolute atomic E-state index is 12.6. The average Bonchev–Trinajstić information content (AvgIpc) is 3.22. The number of piperidine rings is 1. The SMILES string of the molecule is CC(C)c1cnn2c(NCc3ccccc3OS(=O)(=O)C(C)(C)C)nc(O[C@@H]3CCCNC3)nc12. The number of fused-ring (bicyclic) bond motifs is 1. The molecule has 1 atom stereocenters. The maximum atomic E-state index is 12.6. The molecule has 1 aliphatic rings. The van der Waals surface area contributed by atoms with Crippen LogP contribution in [0.25, 0.3) is 5.65 Å². The van der Waals surface area contributed by atoms with Crippen molar-refractivity contribution in [1.82, 2.24) is 24.9 Å². The fourth-order valence-electron chi connectivity index (χ4n) is 3.67. The van der Waals surface area contributed by atoms with Crippen molar-refractivity contribution in [3.05, 3.63) is 41.6 Å². The molecule has 1 aliphatic heterocycles. The van der Waals surface area contributed by atoms with Gasteiger partial charge in [0, 0.05) is 24.2 Å². The van der Waals surface area contributed by atoms with Gasteiger partial charge in [0.2, 0.25) is 5.95 Å². The third kappa shape index (κ3) is 5.67. The summed E-state index contributed by atoms with van der Waals surface area (Å²) < 4.78 is 37.4. The van der Waals surface area contributed by atoms with Crippen LogP contribution >= 0.6 is 0 Å². The van der Waals surface area contributed by atoms with Gasteiger partial charge < -0.3 is 19.6 Å². The lowest BCUT2D eigenvalue weighted by molar-refractivity contribution is 0.153. The first-order valence-corrected chi connectivity index (χ1v) is 13.3. The van der Waals surface area contributed by atoms with Gasteiger partial charge in [-0.3, -0.25) is 0 Å². The second-order valence-corrected chi connectivity index (χ2v) is 12.3. The molecule has 0 amide bonds. The highest BCUT2D eigenvalue weighted by atomic mass is 32.2. The molecule has 35 heavy (non-hydrogen) atoms. The summed E-state index contributed by atoms with van der Waals surface area (Å²) in [4.78, 5) is 9.25. The van der Waals surface area contributed by atoms with Crippen LogP contribution in [0.1, 0.15) is 64.5 Å². The van der Waals surface area contributed by atoms with Crippen LogP contribution in [0.4, 0.5) is 5.95 Å². The van der Waals surface area contributed by atoms with E-state index in [0.717, 1.165) is 31.5 Å². The van der Waals surface area contributed by atoms with Crippen molar-refractivity contribution in [2.75, 3.05) is 18.4 Å². The normalized spacial score (nSPS) is 17.0. The van der Waals surface area contributed by atoms with E-state index in [1.807, 2.05) is 12.1 Å². The van der Waals surface area contributed by atoms with E-state index in [9.17, 15) is 8.42 Å². The molecule has 1 saturated heterocycles. The summed E-state index contributed by atoms with van der Waals surface area (Å²) in [7, 11) is -3.82. The van der Waals surface area contributed by atoms with Gasteiger partial charge in [0.25, 0.3) is 0 Å². The number of para-hydroxylation sites is 1. The summed E-state index contributed by atoms with van der Waals surface area (Å²) in [5, 5.41) is 11.1. The van der Waals surface area contributed by atoms with Gasteiger partial charge in [0.15, 0.2) is 5.65 Å². The minimum Gasteiger partial charge on any atom is -0.459 e. The second-order valence-electron chi connectivity index (χ2n) is 10.0. The van der Waals surface area contributed by atoms with Crippen molar-refractivity contribution in [1.29, 1.82) is 0 Å².